The number of carbonyl (C=O) groups excluding carboxylic acids is 2. The molecule has 3 aromatic carbocycles. The molecule has 0 fully saturated rings. The number of anilines is 1. The number of nitrogens with one attached hydrogen (secondary N) is 3. The molecule has 1 atom stereocenters. The molecule has 0 bridgehead atoms. The first-order valence-electron chi connectivity index (χ1n) is 10.1. The van der Waals surface area contributed by atoms with Crippen molar-refractivity contribution in [2.45, 2.75) is 24.3 Å². The fraction of sp³-hybridized carbons (Fsp3) is 0.167. The molecule has 0 aromatic heterocycles. The van der Waals surface area contributed by atoms with Crippen LogP contribution in [0.1, 0.15) is 22.8 Å². The van der Waals surface area contributed by atoms with Crippen LogP contribution in [0.2, 0.25) is 0 Å². The topological polar surface area (TPSA) is 70.2 Å². The van der Waals surface area contributed by atoms with Crippen molar-refractivity contribution in [1.82, 2.24) is 10.0 Å². The standard InChI is InChI=1S/C24H23F2N3O2S/c1-2-27-32-19-12-13-21(20(26)15-19)28-24(31)22(14-16-6-4-3-5-7-16)29-23(30)17-8-10-18(25)11-9-17/h3-13,15,22,27H,2,14H2,1H3,(H,28,31)(H,29,30). The summed E-state index contributed by atoms with van der Waals surface area (Å²) in [4.78, 5) is 26.3. The molecule has 3 rings (SSSR count). The number of amides is 2. The summed E-state index contributed by atoms with van der Waals surface area (Å²) >= 11 is 1.29. The quantitative estimate of drug-likeness (QED) is 0.414. The fourth-order valence-electron chi connectivity index (χ4n) is 2.94. The van der Waals surface area contributed by atoms with Crippen molar-refractivity contribution in [3.05, 3.63) is 95.6 Å². The number of rotatable bonds is 9. The lowest BCUT2D eigenvalue weighted by Gasteiger charge is -2.19. The molecule has 0 aliphatic rings. The molecule has 166 valence electrons. The van der Waals surface area contributed by atoms with E-state index in [1.54, 1.807) is 6.07 Å². The Balaban J connectivity index is 1.77. The highest BCUT2D eigenvalue weighted by Crippen LogP contribution is 2.22. The molecule has 3 aromatic rings. The van der Waals surface area contributed by atoms with Crippen molar-refractivity contribution in [3.63, 3.8) is 0 Å². The maximum absolute atomic E-state index is 14.5. The number of hydrogen-bond donors (Lipinski definition) is 3. The molecule has 0 saturated heterocycles. The van der Waals surface area contributed by atoms with Gasteiger partial charge in [0.1, 0.15) is 17.7 Å². The largest absolute Gasteiger partial charge is 0.340 e. The van der Waals surface area contributed by atoms with E-state index in [2.05, 4.69) is 15.4 Å². The van der Waals surface area contributed by atoms with Gasteiger partial charge in [-0.15, -0.1) is 0 Å². The van der Waals surface area contributed by atoms with Gasteiger partial charge in [0, 0.05) is 23.4 Å². The first-order chi connectivity index (χ1) is 15.5. The Morgan fingerprint density at radius 1 is 0.969 bits per heavy atom. The number of benzene rings is 3. The summed E-state index contributed by atoms with van der Waals surface area (Å²) in [7, 11) is 0. The van der Waals surface area contributed by atoms with Crippen LogP contribution in [0.4, 0.5) is 14.5 Å². The Kier molecular flexibility index (Phi) is 8.35. The number of halogens is 2. The van der Waals surface area contributed by atoms with Gasteiger partial charge in [0.2, 0.25) is 5.91 Å². The molecule has 3 N–H and O–H groups in total. The summed E-state index contributed by atoms with van der Waals surface area (Å²) in [6.45, 7) is 2.66. The molecule has 0 radical (unpaired) electrons. The van der Waals surface area contributed by atoms with E-state index in [0.717, 1.165) is 12.1 Å². The maximum atomic E-state index is 14.5. The van der Waals surface area contributed by atoms with Crippen LogP contribution in [-0.2, 0) is 11.2 Å². The van der Waals surface area contributed by atoms with Gasteiger partial charge in [0.25, 0.3) is 5.91 Å². The lowest BCUT2D eigenvalue weighted by molar-refractivity contribution is -0.118. The molecule has 0 saturated carbocycles. The van der Waals surface area contributed by atoms with E-state index >= 15 is 0 Å². The van der Waals surface area contributed by atoms with Crippen molar-refractivity contribution < 1.29 is 18.4 Å². The van der Waals surface area contributed by atoms with Gasteiger partial charge in [-0.3, -0.25) is 14.3 Å². The van der Waals surface area contributed by atoms with Crippen molar-refractivity contribution in [3.8, 4) is 0 Å². The summed E-state index contributed by atoms with van der Waals surface area (Å²) < 4.78 is 30.7. The second kappa shape index (κ2) is 11.4. The average molecular weight is 456 g/mol. The third-order valence-corrected chi connectivity index (χ3v) is 5.47. The van der Waals surface area contributed by atoms with E-state index in [-0.39, 0.29) is 17.7 Å². The first kappa shape index (κ1) is 23.4. The molecule has 2 amide bonds. The van der Waals surface area contributed by atoms with Crippen LogP contribution in [0.3, 0.4) is 0 Å². The van der Waals surface area contributed by atoms with Crippen LogP contribution in [0.15, 0.2) is 77.7 Å². The average Bonchev–Trinajstić information content (AvgIpc) is 2.80. The van der Waals surface area contributed by atoms with Gasteiger partial charge in [-0.25, -0.2) is 8.78 Å². The van der Waals surface area contributed by atoms with Crippen LogP contribution in [0, 0.1) is 11.6 Å². The van der Waals surface area contributed by atoms with Gasteiger partial charge in [-0.1, -0.05) is 37.3 Å². The van der Waals surface area contributed by atoms with E-state index < -0.39 is 29.5 Å². The van der Waals surface area contributed by atoms with Gasteiger partial charge in [-0.2, -0.15) is 0 Å². The lowest BCUT2D eigenvalue weighted by Crippen LogP contribution is -2.45. The zero-order chi connectivity index (χ0) is 22.9. The van der Waals surface area contributed by atoms with Gasteiger partial charge < -0.3 is 10.6 Å². The molecule has 0 heterocycles. The van der Waals surface area contributed by atoms with Crippen LogP contribution >= 0.6 is 11.9 Å². The summed E-state index contributed by atoms with van der Waals surface area (Å²) in [6.07, 6.45) is 0.204. The molecular weight excluding hydrogens is 432 g/mol. The Morgan fingerprint density at radius 2 is 1.69 bits per heavy atom. The normalized spacial score (nSPS) is 11.6. The lowest BCUT2D eigenvalue weighted by atomic mass is 10.0. The highest BCUT2D eigenvalue weighted by molar-refractivity contribution is 7.97. The first-order valence-corrected chi connectivity index (χ1v) is 10.9. The minimum absolute atomic E-state index is 0.0185. The van der Waals surface area contributed by atoms with Gasteiger partial charge >= 0.3 is 0 Å². The SMILES string of the molecule is CCNSc1ccc(NC(=O)C(Cc2ccccc2)NC(=O)c2ccc(F)cc2)c(F)c1. The fourth-order valence-corrected chi connectivity index (χ4v) is 3.55. The molecule has 1 unspecified atom stereocenters. The van der Waals surface area contributed by atoms with E-state index in [1.807, 2.05) is 37.3 Å². The van der Waals surface area contributed by atoms with Crippen LogP contribution in [0.25, 0.3) is 0 Å². The Bertz CT molecular complexity index is 1060. The Hall–Kier alpha value is -3.23. The van der Waals surface area contributed by atoms with Gasteiger partial charge in [0.15, 0.2) is 0 Å². The van der Waals surface area contributed by atoms with Crippen molar-refractivity contribution in [1.29, 1.82) is 0 Å². The third-order valence-electron chi connectivity index (χ3n) is 4.54. The van der Waals surface area contributed by atoms with Crippen LogP contribution < -0.4 is 15.4 Å². The highest BCUT2D eigenvalue weighted by Gasteiger charge is 2.23. The minimum Gasteiger partial charge on any atom is -0.340 e. The van der Waals surface area contributed by atoms with Crippen molar-refractivity contribution in [2.24, 2.45) is 0 Å². The molecule has 0 aliphatic carbocycles. The van der Waals surface area contributed by atoms with Crippen molar-refractivity contribution in [2.75, 3.05) is 11.9 Å². The highest BCUT2D eigenvalue weighted by atomic mass is 32.2. The van der Waals surface area contributed by atoms with Gasteiger partial charge in [-0.05, 0) is 60.0 Å². The second-order valence-electron chi connectivity index (χ2n) is 6.95. The van der Waals surface area contributed by atoms with Gasteiger partial charge in [0.05, 0.1) is 5.69 Å². The van der Waals surface area contributed by atoms with E-state index in [9.17, 15) is 18.4 Å². The van der Waals surface area contributed by atoms with Crippen LogP contribution in [-0.4, -0.2) is 24.4 Å². The van der Waals surface area contributed by atoms with E-state index in [4.69, 9.17) is 0 Å². The maximum Gasteiger partial charge on any atom is 0.251 e. The minimum atomic E-state index is -0.967. The molecular formula is C24H23F2N3O2S. The summed E-state index contributed by atoms with van der Waals surface area (Å²) in [5.74, 6) is -2.13. The molecule has 0 spiro atoms. The predicted molar refractivity (Wildman–Crippen MR) is 122 cm³/mol. The van der Waals surface area contributed by atoms with Crippen molar-refractivity contribution >= 4 is 29.4 Å². The Labute approximate surface area is 189 Å². The second-order valence-corrected chi connectivity index (χ2v) is 7.92. The third kappa shape index (κ3) is 6.63. The smallest absolute Gasteiger partial charge is 0.251 e. The summed E-state index contributed by atoms with van der Waals surface area (Å²) in [6, 6.07) is 17.7. The summed E-state index contributed by atoms with van der Waals surface area (Å²) in [5.41, 5.74) is 1.06. The molecule has 32 heavy (non-hydrogen) atoms. The van der Waals surface area contributed by atoms with Crippen LogP contribution in [0.5, 0.6) is 0 Å². The zero-order valence-electron chi connectivity index (χ0n) is 17.4. The predicted octanol–water partition coefficient (Wildman–Crippen LogP) is 4.56. The summed E-state index contributed by atoms with van der Waals surface area (Å²) in [5, 5.41) is 5.23. The number of hydrogen-bond acceptors (Lipinski definition) is 4. The monoisotopic (exact) mass is 455 g/mol. The molecule has 0 aliphatic heterocycles. The van der Waals surface area contributed by atoms with E-state index in [1.165, 1.54) is 48.3 Å². The molecule has 5 nitrogen and oxygen atoms in total. The number of carbonyl (C=O) groups is 2. The zero-order valence-corrected chi connectivity index (χ0v) is 18.2. The molecule has 8 heteroatoms. The Morgan fingerprint density at radius 3 is 2.34 bits per heavy atom. The van der Waals surface area contributed by atoms with E-state index in [0.29, 0.717) is 4.90 Å².